The van der Waals surface area contributed by atoms with Crippen LogP contribution in [-0.2, 0) is 0 Å². The van der Waals surface area contributed by atoms with Gasteiger partial charge in [-0.15, -0.1) is 0 Å². The van der Waals surface area contributed by atoms with Crippen molar-refractivity contribution in [1.82, 2.24) is 9.78 Å². The van der Waals surface area contributed by atoms with Crippen LogP contribution in [0.25, 0.3) is 5.69 Å². The van der Waals surface area contributed by atoms with Crippen LogP contribution in [0.1, 0.15) is 28.4 Å². The van der Waals surface area contributed by atoms with E-state index in [1.165, 1.54) is 0 Å². The summed E-state index contributed by atoms with van der Waals surface area (Å²) in [5.74, 6) is 2.37. The Morgan fingerprint density at radius 2 is 1.69 bits per heavy atom. The molecule has 1 atom stereocenters. The maximum atomic E-state index is 10.5. The van der Waals surface area contributed by atoms with Crippen molar-refractivity contribution in [2.75, 3.05) is 17.3 Å². The summed E-state index contributed by atoms with van der Waals surface area (Å²) in [6.07, 6.45) is 0. The Hall–Kier alpha value is -5.08. The molecule has 2 aliphatic rings. The minimum atomic E-state index is -0.352. The number of anilines is 2. The van der Waals surface area contributed by atoms with Gasteiger partial charge in [0.15, 0.2) is 29.0 Å². The van der Waals surface area contributed by atoms with Crippen LogP contribution in [0.3, 0.4) is 0 Å². The van der Waals surface area contributed by atoms with Crippen molar-refractivity contribution < 1.29 is 9.84 Å². The standard InChI is InChI=1S/C33H27ClN6O2/c1-19-13-15-22(18-24(19)34)35-31-33-37-32-29(20(2)38-40(32)23-9-5-4-6-10-23)30(21-14-16-27(41)28(17-21)42-3)39(33)26-12-8-7-11-25(26)36-31/h4-18,30,41H,1-3H3,(H,35,36)/t30-/m1/s1. The summed E-state index contributed by atoms with van der Waals surface area (Å²) in [7, 11) is 1.55. The van der Waals surface area contributed by atoms with E-state index < -0.39 is 0 Å². The first-order valence-corrected chi connectivity index (χ1v) is 13.9. The van der Waals surface area contributed by atoms with Crippen LogP contribution >= 0.6 is 11.6 Å². The number of nitrogens with one attached hydrogen (secondary N) is 1. The minimum Gasteiger partial charge on any atom is -0.504 e. The molecule has 4 aromatic carbocycles. The second kappa shape index (κ2) is 10.1. The van der Waals surface area contributed by atoms with Crippen LogP contribution in [0.15, 0.2) is 101 Å². The predicted octanol–water partition coefficient (Wildman–Crippen LogP) is 7.65. The molecule has 0 spiro atoms. The number of methoxy groups -OCH3 is 1. The van der Waals surface area contributed by atoms with Crippen molar-refractivity contribution in [3.8, 4) is 17.2 Å². The zero-order valence-electron chi connectivity index (χ0n) is 23.2. The number of hydrogen-bond acceptors (Lipinski definition) is 7. The lowest BCUT2D eigenvalue weighted by Gasteiger charge is -2.40. The quantitative estimate of drug-likeness (QED) is 0.230. The summed E-state index contributed by atoms with van der Waals surface area (Å²) in [6.45, 7) is 3.97. The highest BCUT2D eigenvalue weighted by Gasteiger charge is 2.41. The molecule has 208 valence electrons. The monoisotopic (exact) mass is 574 g/mol. The van der Waals surface area contributed by atoms with Gasteiger partial charge in [-0.05, 0) is 73.5 Å². The lowest BCUT2D eigenvalue weighted by Crippen LogP contribution is -2.46. The lowest BCUT2D eigenvalue weighted by atomic mass is 9.93. The number of ether oxygens (including phenoxy) is 1. The van der Waals surface area contributed by atoms with Crippen molar-refractivity contribution in [2.24, 2.45) is 9.98 Å². The third kappa shape index (κ3) is 4.19. The number of fused-ring (bicyclic) bond motifs is 4. The number of aryl methyl sites for hydroxylation is 2. The van der Waals surface area contributed by atoms with Crippen LogP contribution in [0, 0.1) is 13.8 Å². The summed E-state index contributed by atoms with van der Waals surface area (Å²) in [5, 5.41) is 19.6. The Morgan fingerprint density at radius 1 is 0.905 bits per heavy atom. The van der Waals surface area contributed by atoms with E-state index in [0.717, 1.165) is 45.1 Å². The molecule has 0 radical (unpaired) electrons. The molecule has 0 bridgehead atoms. The highest BCUT2D eigenvalue weighted by Crippen LogP contribution is 2.49. The van der Waals surface area contributed by atoms with Gasteiger partial charge < -0.3 is 20.1 Å². The summed E-state index contributed by atoms with van der Waals surface area (Å²) in [4.78, 5) is 12.5. The SMILES string of the molecule is COc1cc([C@@H]2c3c(C)nn(-c4ccccc4)c3N=C3C(Nc4ccc(C)c(Cl)c4)=Nc4ccccc4N32)ccc1O. The number of benzene rings is 4. The summed E-state index contributed by atoms with van der Waals surface area (Å²) >= 11 is 6.49. The lowest BCUT2D eigenvalue weighted by molar-refractivity contribution is 0.372. The van der Waals surface area contributed by atoms with Crippen LogP contribution in [0.2, 0.25) is 5.02 Å². The average molecular weight is 575 g/mol. The van der Waals surface area contributed by atoms with E-state index in [9.17, 15) is 5.11 Å². The molecule has 0 amide bonds. The molecule has 0 unspecified atom stereocenters. The Morgan fingerprint density at radius 3 is 2.48 bits per heavy atom. The minimum absolute atomic E-state index is 0.0714. The highest BCUT2D eigenvalue weighted by atomic mass is 35.5. The first-order chi connectivity index (χ1) is 20.4. The number of aromatic nitrogens is 2. The van der Waals surface area contributed by atoms with Crippen LogP contribution in [0.5, 0.6) is 11.5 Å². The largest absolute Gasteiger partial charge is 0.504 e. The Balaban J connectivity index is 1.50. The second-order valence-electron chi connectivity index (χ2n) is 10.2. The number of hydrogen-bond donors (Lipinski definition) is 2. The molecule has 0 aliphatic carbocycles. The van der Waals surface area contributed by atoms with E-state index in [2.05, 4.69) is 10.2 Å². The molecule has 42 heavy (non-hydrogen) atoms. The third-order valence-electron chi connectivity index (χ3n) is 7.59. The predicted molar refractivity (Wildman–Crippen MR) is 168 cm³/mol. The van der Waals surface area contributed by atoms with E-state index in [1.54, 1.807) is 13.2 Å². The number of aromatic hydroxyl groups is 1. The number of aliphatic imine (C=N–C) groups is 2. The normalized spacial score (nSPS) is 15.2. The summed E-state index contributed by atoms with van der Waals surface area (Å²) < 4.78 is 7.40. The summed E-state index contributed by atoms with van der Waals surface area (Å²) in [5.41, 5.74) is 7.08. The van der Waals surface area contributed by atoms with Crippen molar-refractivity contribution in [2.45, 2.75) is 19.9 Å². The molecule has 2 N–H and O–H groups in total. The van der Waals surface area contributed by atoms with Crippen molar-refractivity contribution >= 4 is 46.2 Å². The zero-order chi connectivity index (χ0) is 29.0. The van der Waals surface area contributed by atoms with E-state index in [-0.39, 0.29) is 11.8 Å². The van der Waals surface area contributed by atoms with E-state index in [4.69, 9.17) is 31.4 Å². The van der Waals surface area contributed by atoms with Gasteiger partial charge in [0.25, 0.3) is 0 Å². The first kappa shape index (κ1) is 25.9. The smallest absolute Gasteiger partial charge is 0.179 e. The van der Waals surface area contributed by atoms with E-state index in [1.807, 2.05) is 103 Å². The Labute approximate surface area is 248 Å². The molecule has 3 heterocycles. The number of nitrogens with zero attached hydrogens (tertiary/aromatic N) is 5. The Kier molecular flexibility index (Phi) is 6.21. The molecule has 2 aliphatic heterocycles. The van der Waals surface area contributed by atoms with Gasteiger partial charge in [0.05, 0.1) is 35.9 Å². The molecule has 1 aromatic heterocycles. The average Bonchev–Trinajstić information content (AvgIpc) is 3.34. The fraction of sp³-hybridized carbons (Fsp3) is 0.121. The van der Waals surface area contributed by atoms with Gasteiger partial charge in [0, 0.05) is 16.3 Å². The molecule has 9 heteroatoms. The molecule has 7 rings (SSSR count). The first-order valence-electron chi connectivity index (χ1n) is 13.5. The fourth-order valence-electron chi connectivity index (χ4n) is 5.53. The van der Waals surface area contributed by atoms with E-state index >= 15 is 0 Å². The molecular weight excluding hydrogens is 548 g/mol. The third-order valence-corrected chi connectivity index (χ3v) is 8.00. The van der Waals surface area contributed by atoms with Gasteiger partial charge in [0.1, 0.15) is 0 Å². The molecular formula is C33H27ClN6O2. The maximum absolute atomic E-state index is 10.5. The summed E-state index contributed by atoms with van der Waals surface area (Å²) in [6, 6.07) is 28.9. The molecule has 5 aromatic rings. The van der Waals surface area contributed by atoms with Gasteiger partial charge in [-0.2, -0.15) is 5.10 Å². The number of rotatable bonds is 4. The number of halogens is 1. The molecule has 8 nitrogen and oxygen atoms in total. The molecule has 0 saturated carbocycles. The second-order valence-corrected chi connectivity index (χ2v) is 10.7. The zero-order valence-corrected chi connectivity index (χ0v) is 24.0. The highest BCUT2D eigenvalue weighted by molar-refractivity contribution is 6.51. The van der Waals surface area contributed by atoms with Crippen LogP contribution in [-0.4, -0.2) is 33.7 Å². The number of amidine groups is 2. The van der Waals surface area contributed by atoms with Gasteiger partial charge in [-0.3, -0.25) is 0 Å². The number of phenols is 1. The number of phenolic OH excluding ortho intramolecular Hbond substituents is 1. The molecule has 0 fully saturated rings. The van der Waals surface area contributed by atoms with Gasteiger partial charge in [-0.1, -0.05) is 54.1 Å². The van der Waals surface area contributed by atoms with Crippen molar-refractivity contribution in [3.63, 3.8) is 0 Å². The topological polar surface area (TPSA) is 87.3 Å². The van der Waals surface area contributed by atoms with Gasteiger partial charge in [0.2, 0.25) is 0 Å². The molecule has 0 saturated heterocycles. The van der Waals surface area contributed by atoms with E-state index in [0.29, 0.717) is 28.3 Å². The fourth-order valence-corrected chi connectivity index (χ4v) is 5.71. The Bertz CT molecular complexity index is 1910. The van der Waals surface area contributed by atoms with Crippen molar-refractivity contribution in [3.05, 3.63) is 118 Å². The van der Waals surface area contributed by atoms with Crippen LogP contribution < -0.4 is 15.0 Å². The van der Waals surface area contributed by atoms with Gasteiger partial charge >= 0.3 is 0 Å². The maximum Gasteiger partial charge on any atom is 0.179 e. The van der Waals surface area contributed by atoms with Gasteiger partial charge in [-0.25, -0.2) is 14.7 Å². The number of para-hydroxylation sites is 3. The van der Waals surface area contributed by atoms with Crippen molar-refractivity contribution in [1.29, 1.82) is 0 Å². The van der Waals surface area contributed by atoms with Crippen LogP contribution in [0.4, 0.5) is 22.9 Å².